The Morgan fingerprint density at radius 1 is 1.50 bits per heavy atom. The molecule has 0 fully saturated rings. The molecule has 1 aliphatic rings. The van der Waals surface area contributed by atoms with E-state index in [1.165, 1.54) is 0 Å². The summed E-state index contributed by atoms with van der Waals surface area (Å²) in [6.45, 7) is 6.02. The number of hydrogen-bond acceptors (Lipinski definition) is 2. The number of carbonyl (C=O) groups excluding carboxylic acids is 2. The van der Waals surface area contributed by atoms with E-state index < -0.39 is 11.3 Å². The number of carbonyl (C=O) groups is 2. The summed E-state index contributed by atoms with van der Waals surface area (Å²) in [4.78, 5) is 23.6. The van der Waals surface area contributed by atoms with Gasteiger partial charge in [-0.05, 0) is 25.7 Å². The average Bonchev–Trinajstić information content (AvgIpc) is 2.25. The second kappa shape index (κ2) is 5.38. The molecule has 0 aliphatic heterocycles. The van der Waals surface area contributed by atoms with Crippen molar-refractivity contribution in [1.82, 2.24) is 5.32 Å². The predicted molar refractivity (Wildman–Crippen MR) is 71.6 cm³/mol. The maximum Gasteiger partial charge on any atom is 0.244 e. The van der Waals surface area contributed by atoms with Gasteiger partial charge in [-0.2, -0.15) is 0 Å². The van der Waals surface area contributed by atoms with E-state index in [4.69, 9.17) is 5.73 Å². The first-order valence-corrected chi connectivity index (χ1v) is 6.23. The standard InChI is InChI=1S/C14H22N2O2/c1-9(2)6-14(13(18)16-4)7-10(3)5-11(8-14)12(15)17/h5,7,9H,6,8H2,1-4H3,(H2,15,17)(H,16,18). The maximum absolute atomic E-state index is 12.2. The van der Waals surface area contributed by atoms with Crippen LogP contribution in [0.15, 0.2) is 23.3 Å². The normalized spacial score (nSPS) is 23.4. The van der Waals surface area contributed by atoms with Gasteiger partial charge in [0.25, 0.3) is 0 Å². The minimum atomic E-state index is -0.647. The van der Waals surface area contributed by atoms with Crippen LogP contribution in [0.25, 0.3) is 0 Å². The summed E-state index contributed by atoms with van der Waals surface area (Å²) < 4.78 is 0. The molecule has 0 aromatic carbocycles. The Morgan fingerprint density at radius 2 is 2.11 bits per heavy atom. The second-order valence-corrected chi connectivity index (χ2v) is 5.43. The average molecular weight is 250 g/mol. The van der Waals surface area contributed by atoms with Crippen LogP contribution in [-0.2, 0) is 9.59 Å². The van der Waals surface area contributed by atoms with Crippen molar-refractivity contribution in [3.8, 4) is 0 Å². The van der Waals surface area contributed by atoms with Gasteiger partial charge in [-0.25, -0.2) is 0 Å². The first kappa shape index (κ1) is 14.5. The van der Waals surface area contributed by atoms with Crippen molar-refractivity contribution >= 4 is 11.8 Å². The van der Waals surface area contributed by atoms with Gasteiger partial charge in [-0.1, -0.05) is 31.6 Å². The molecule has 0 aromatic heterocycles. The third-order valence-electron chi connectivity index (χ3n) is 3.18. The van der Waals surface area contributed by atoms with E-state index in [9.17, 15) is 9.59 Å². The molecule has 1 unspecified atom stereocenters. The zero-order valence-electron chi connectivity index (χ0n) is 11.5. The number of allylic oxidation sites excluding steroid dienone is 2. The first-order valence-electron chi connectivity index (χ1n) is 6.23. The third-order valence-corrected chi connectivity index (χ3v) is 3.18. The van der Waals surface area contributed by atoms with Crippen LogP contribution >= 0.6 is 0 Å². The molecule has 1 rings (SSSR count). The molecule has 0 saturated carbocycles. The van der Waals surface area contributed by atoms with E-state index in [-0.39, 0.29) is 5.91 Å². The van der Waals surface area contributed by atoms with Gasteiger partial charge in [0, 0.05) is 12.6 Å². The van der Waals surface area contributed by atoms with Crippen LogP contribution in [0.3, 0.4) is 0 Å². The van der Waals surface area contributed by atoms with Gasteiger partial charge < -0.3 is 11.1 Å². The smallest absolute Gasteiger partial charge is 0.244 e. The lowest BCUT2D eigenvalue weighted by Crippen LogP contribution is -2.41. The number of primary amides is 1. The van der Waals surface area contributed by atoms with E-state index in [0.29, 0.717) is 24.3 Å². The fourth-order valence-corrected chi connectivity index (χ4v) is 2.70. The zero-order valence-corrected chi connectivity index (χ0v) is 11.5. The van der Waals surface area contributed by atoms with Crippen LogP contribution in [0.1, 0.15) is 33.6 Å². The minimum absolute atomic E-state index is 0.0533. The Bertz CT molecular complexity index is 422. The zero-order chi connectivity index (χ0) is 13.9. The fraction of sp³-hybridized carbons (Fsp3) is 0.571. The van der Waals surface area contributed by atoms with Crippen LogP contribution in [0.4, 0.5) is 0 Å². The largest absolute Gasteiger partial charge is 0.366 e. The van der Waals surface area contributed by atoms with Crippen LogP contribution in [-0.4, -0.2) is 18.9 Å². The molecule has 18 heavy (non-hydrogen) atoms. The quantitative estimate of drug-likeness (QED) is 0.794. The lowest BCUT2D eigenvalue weighted by Gasteiger charge is -2.34. The highest BCUT2D eigenvalue weighted by Gasteiger charge is 2.39. The molecule has 0 radical (unpaired) electrons. The number of rotatable bonds is 4. The molecule has 4 nitrogen and oxygen atoms in total. The van der Waals surface area contributed by atoms with Crippen molar-refractivity contribution in [2.75, 3.05) is 7.05 Å². The summed E-state index contributed by atoms with van der Waals surface area (Å²) in [6.07, 6.45) is 4.81. The van der Waals surface area contributed by atoms with Crippen molar-refractivity contribution in [1.29, 1.82) is 0 Å². The van der Waals surface area contributed by atoms with Crippen molar-refractivity contribution in [3.63, 3.8) is 0 Å². The topological polar surface area (TPSA) is 72.2 Å². The highest BCUT2D eigenvalue weighted by molar-refractivity contribution is 5.95. The second-order valence-electron chi connectivity index (χ2n) is 5.43. The molecule has 0 saturated heterocycles. The molecule has 2 amide bonds. The highest BCUT2D eigenvalue weighted by atomic mass is 16.2. The Hall–Kier alpha value is -1.58. The van der Waals surface area contributed by atoms with E-state index in [1.807, 2.05) is 13.0 Å². The van der Waals surface area contributed by atoms with Gasteiger partial charge in [0.2, 0.25) is 11.8 Å². The van der Waals surface area contributed by atoms with Gasteiger partial charge >= 0.3 is 0 Å². The van der Waals surface area contributed by atoms with Gasteiger partial charge in [-0.3, -0.25) is 9.59 Å². The third kappa shape index (κ3) is 3.00. The predicted octanol–water partition coefficient (Wildman–Crippen LogP) is 1.53. The molecule has 0 bridgehead atoms. The van der Waals surface area contributed by atoms with Gasteiger partial charge in [-0.15, -0.1) is 0 Å². The van der Waals surface area contributed by atoms with Crippen LogP contribution in [0.5, 0.6) is 0 Å². The molecule has 0 heterocycles. The molecule has 1 atom stereocenters. The molecule has 3 N–H and O–H groups in total. The van der Waals surface area contributed by atoms with E-state index in [1.54, 1.807) is 13.1 Å². The van der Waals surface area contributed by atoms with Gasteiger partial charge in [0.1, 0.15) is 0 Å². The summed E-state index contributed by atoms with van der Waals surface area (Å²) >= 11 is 0. The van der Waals surface area contributed by atoms with Gasteiger partial charge in [0.15, 0.2) is 0 Å². The molecule has 0 spiro atoms. The summed E-state index contributed by atoms with van der Waals surface area (Å²) in [5, 5.41) is 2.70. The Labute approximate surface area is 108 Å². The Kier molecular flexibility index (Phi) is 4.33. The number of nitrogens with two attached hydrogens (primary N) is 1. The van der Waals surface area contributed by atoms with E-state index in [0.717, 1.165) is 5.57 Å². The van der Waals surface area contributed by atoms with Crippen molar-refractivity contribution in [3.05, 3.63) is 23.3 Å². The molecule has 0 aromatic rings. The Balaban J connectivity index is 3.18. The summed E-state index contributed by atoms with van der Waals surface area (Å²) in [6, 6.07) is 0. The lowest BCUT2D eigenvalue weighted by molar-refractivity contribution is -0.129. The highest BCUT2D eigenvalue weighted by Crippen LogP contribution is 2.39. The number of amides is 2. The number of hydrogen-bond donors (Lipinski definition) is 2. The van der Waals surface area contributed by atoms with E-state index in [2.05, 4.69) is 19.2 Å². The minimum Gasteiger partial charge on any atom is -0.366 e. The summed E-state index contributed by atoms with van der Waals surface area (Å²) in [5.41, 5.74) is 6.15. The van der Waals surface area contributed by atoms with Crippen molar-refractivity contribution < 1.29 is 9.59 Å². The van der Waals surface area contributed by atoms with Crippen LogP contribution in [0, 0.1) is 11.3 Å². The molecule has 100 valence electrons. The molecular formula is C14H22N2O2. The fourth-order valence-electron chi connectivity index (χ4n) is 2.70. The summed E-state index contributed by atoms with van der Waals surface area (Å²) in [5.74, 6) is -0.138. The van der Waals surface area contributed by atoms with Gasteiger partial charge in [0.05, 0.1) is 5.41 Å². The SMILES string of the molecule is CNC(=O)C1(CC(C)C)C=C(C)C=C(C(N)=O)C1. The monoisotopic (exact) mass is 250 g/mol. The summed E-state index contributed by atoms with van der Waals surface area (Å²) in [7, 11) is 1.62. The molecule has 1 aliphatic carbocycles. The van der Waals surface area contributed by atoms with E-state index >= 15 is 0 Å². The van der Waals surface area contributed by atoms with Crippen LogP contribution < -0.4 is 11.1 Å². The number of nitrogens with one attached hydrogen (secondary N) is 1. The van der Waals surface area contributed by atoms with Crippen molar-refractivity contribution in [2.24, 2.45) is 17.1 Å². The maximum atomic E-state index is 12.2. The first-order chi connectivity index (χ1) is 8.30. The lowest BCUT2D eigenvalue weighted by atomic mass is 9.70. The molecular weight excluding hydrogens is 228 g/mol. The Morgan fingerprint density at radius 3 is 2.56 bits per heavy atom. The van der Waals surface area contributed by atoms with Crippen molar-refractivity contribution in [2.45, 2.75) is 33.6 Å². The van der Waals surface area contributed by atoms with Crippen LogP contribution in [0.2, 0.25) is 0 Å². The molecule has 4 heteroatoms.